The van der Waals surface area contributed by atoms with Crippen molar-refractivity contribution >= 4 is 33.2 Å². The minimum Gasteiger partial charge on any atom is -0.377 e. The highest BCUT2D eigenvalue weighted by Gasteiger charge is 2.24. The zero-order valence-corrected chi connectivity index (χ0v) is 13.1. The molecule has 1 atom stereocenters. The van der Waals surface area contributed by atoms with Crippen molar-refractivity contribution in [1.29, 1.82) is 0 Å². The highest BCUT2D eigenvalue weighted by atomic mass is 79.9. The second-order valence-electron chi connectivity index (χ2n) is 5.03. The molecule has 0 aliphatic heterocycles. The Balaban J connectivity index is 1.89. The molecule has 2 aromatic rings. The Morgan fingerprint density at radius 1 is 1.26 bits per heavy atom. The Kier molecular flexibility index (Phi) is 3.55. The second kappa shape index (κ2) is 5.18. The van der Waals surface area contributed by atoms with E-state index in [-0.39, 0.29) is 0 Å². The summed E-state index contributed by atoms with van der Waals surface area (Å²) < 4.78 is 1.21. The molecule has 0 saturated heterocycles. The van der Waals surface area contributed by atoms with E-state index in [9.17, 15) is 0 Å². The Morgan fingerprint density at radius 3 is 2.89 bits per heavy atom. The van der Waals surface area contributed by atoms with Gasteiger partial charge < -0.3 is 5.32 Å². The first-order valence-corrected chi connectivity index (χ1v) is 7.62. The third-order valence-electron chi connectivity index (χ3n) is 3.67. The largest absolute Gasteiger partial charge is 0.377 e. The smallest absolute Gasteiger partial charge is 0.0640 e. The molecule has 3 rings (SSSR count). The van der Waals surface area contributed by atoms with Crippen LogP contribution in [0.1, 0.15) is 29.2 Å². The molecule has 1 aliphatic carbocycles. The van der Waals surface area contributed by atoms with Crippen LogP contribution in [-0.2, 0) is 6.42 Å². The molecular weight excluding hydrogens is 322 g/mol. The molecule has 0 aromatic heterocycles. The lowest BCUT2D eigenvalue weighted by Gasteiger charge is -2.17. The number of hydrogen-bond acceptors (Lipinski definition) is 1. The fourth-order valence-electron chi connectivity index (χ4n) is 2.68. The van der Waals surface area contributed by atoms with E-state index in [1.807, 2.05) is 6.07 Å². The van der Waals surface area contributed by atoms with Crippen LogP contribution in [0.25, 0.3) is 0 Å². The number of fused-ring (bicyclic) bond motifs is 1. The molecule has 0 spiro atoms. The monoisotopic (exact) mass is 335 g/mol. The van der Waals surface area contributed by atoms with Crippen molar-refractivity contribution in [2.45, 2.75) is 25.8 Å². The standard InChI is InChI=1S/C16H15BrClN/c1-10-5-7-16(14(18)9-10)19-15-8-6-11-12(15)3-2-4-13(11)17/h2-5,7,9,15,19H,6,8H2,1H3. The SMILES string of the molecule is Cc1ccc(NC2CCc3c(Br)cccc32)c(Cl)c1. The molecule has 1 aliphatic rings. The number of hydrogen-bond donors (Lipinski definition) is 1. The quantitative estimate of drug-likeness (QED) is 0.762. The Bertz CT molecular complexity index is 624. The van der Waals surface area contributed by atoms with Crippen LogP contribution in [0.3, 0.4) is 0 Å². The molecule has 0 heterocycles. The third-order valence-corrected chi connectivity index (χ3v) is 4.72. The van der Waals surface area contributed by atoms with E-state index in [1.54, 1.807) is 0 Å². The first kappa shape index (κ1) is 13.0. The summed E-state index contributed by atoms with van der Waals surface area (Å²) in [5.74, 6) is 0. The molecule has 2 aromatic carbocycles. The molecule has 0 radical (unpaired) electrons. The van der Waals surface area contributed by atoms with Gasteiger partial charge in [-0.05, 0) is 54.7 Å². The van der Waals surface area contributed by atoms with Gasteiger partial charge in [0.2, 0.25) is 0 Å². The van der Waals surface area contributed by atoms with E-state index in [0.717, 1.165) is 23.6 Å². The first-order valence-electron chi connectivity index (χ1n) is 6.45. The predicted octanol–water partition coefficient (Wildman–Crippen LogP) is 5.51. The van der Waals surface area contributed by atoms with Crippen LogP contribution in [0, 0.1) is 6.92 Å². The van der Waals surface area contributed by atoms with Crippen molar-refractivity contribution in [3.05, 3.63) is 62.6 Å². The van der Waals surface area contributed by atoms with Gasteiger partial charge in [-0.2, -0.15) is 0 Å². The highest BCUT2D eigenvalue weighted by molar-refractivity contribution is 9.10. The minimum atomic E-state index is 0.354. The average Bonchev–Trinajstić information content (AvgIpc) is 2.78. The zero-order valence-electron chi connectivity index (χ0n) is 10.7. The van der Waals surface area contributed by atoms with Crippen LogP contribution in [0.4, 0.5) is 5.69 Å². The van der Waals surface area contributed by atoms with E-state index in [2.05, 4.69) is 58.5 Å². The number of benzene rings is 2. The fraction of sp³-hybridized carbons (Fsp3) is 0.250. The number of halogens is 2. The summed E-state index contributed by atoms with van der Waals surface area (Å²) in [5, 5.41) is 4.36. The molecule has 98 valence electrons. The van der Waals surface area contributed by atoms with E-state index in [0.29, 0.717) is 6.04 Å². The van der Waals surface area contributed by atoms with Gasteiger partial charge in [-0.15, -0.1) is 0 Å². The van der Waals surface area contributed by atoms with Crippen LogP contribution in [0.2, 0.25) is 5.02 Å². The molecule has 0 bridgehead atoms. The maximum atomic E-state index is 6.29. The van der Waals surface area contributed by atoms with Crippen molar-refractivity contribution < 1.29 is 0 Å². The Labute approximate surface area is 127 Å². The minimum absolute atomic E-state index is 0.354. The lowest BCUT2D eigenvalue weighted by molar-refractivity contribution is 0.762. The molecule has 19 heavy (non-hydrogen) atoms. The average molecular weight is 337 g/mol. The molecule has 0 fully saturated rings. The zero-order chi connectivity index (χ0) is 13.4. The number of anilines is 1. The Morgan fingerprint density at radius 2 is 2.11 bits per heavy atom. The molecule has 0 saturated carbocycles. The van der Waals surface area contributed by atoms with E-state index in [4.69, 9.17) is 11.6 Å². The number of nitrogens with one attached hydrogen (secondary N) is 1. The lowest BCUT2D eigenvalue weighted by atomic mass is 10.1. The number of aryl methyl sites for hydroxylation is 1. The lowest BCUT2D eigenvalue weighted by Crippen LogP contribution is -2.07. The fourth-order valence-corrected chi connectivity index (χ4v) is 3.55. The summed E-state index contributed by atoms with van der Waals surface area (Å²) in [6.07, 6.45) is 2.22. The van der Waals surface area contributed by atoms with Gasteiger partial charge in [0.1, 0.15) is 0 Å². The molecule has 1 unspecified atom stereocenters. The summed E-state index contributed by atoms with van der Waals surface area (Å²) in [7, 11) is 0. The van der Waals surface area contributed by atoms with Crippen molar-refractivity contribution in [2.75, 3.05) is 5.32 Å². The van der Waals surface area contributed by atoms with Crippen LogP contribution < -0.4 is 5.32 Å². The summed E-state index contributed by atoms with van der Waals surface area (Å²) in [6, 6.07) is 12.9. The molecule has 0 amide bonds. The van der Waals surface area contributed by atoms with E-state index < -0.39 is 0 Å². The van der Waals surface area contributed by atoms with Crippen LogP contribution in [0.15, 0.2) is 40.9 Å². The van der Waals surface area contributed by atoms with Gasteiger partial charge in [-0.25, -0.2) is 0 Å². The van der Waals surface area contributed by atoms with Gasteiger partial charge >= 0.3 is 0 Å². The van der Waals surface area contributed by atoms with Gasteiger partial charge in [0, 0.05) is 4.47 Å². The normalized spacial score (nSPS) is 17.3. The van der Waals surface area contributed by atoms with Gasteiger partial charge in [0.15, 0.2) is 0 Å². The molecule has 1 nitrogen and oxygen atoms in total. The first-order chi connectivity index (χ1) is 9.15. The topological polar surface area (TPSA) is 12.0 Å². The van der Waals surface area contributed by atoms with Gasteiger partial charge in [0.25, 0.3) is 0 Å². The van der Waals surface area contributed by atoms with Gasteiger partial charge in [-0.1, -0.05) is 45.7 Å². The predicted molar refractivity (Wildman–Crippen MR) is 85.0 cm³/mol. The van der Waals surface area contributed by atoms with E-state index >= 15 is 0 Å². The maximum absolute atomic E-state index is 6.29. The van der Waals surface area contributed by atoms with Gasteiger partial charge in [-0.3, -0.25) is 0 Å². The number of rotatable bonds is 2. The summed E-state index contributed by atoms with van der Waals surface area (Å²) in [4.78, 5) is 0. The van der Waals surface area contributed by atoms with Crippen LogP contribution >= 0.6 is 27.5 Å². The van der Waals surface area contributed by atoms with Crippen molar-refractivity contribution in [3.63, 3.8) is 0 Å². The summed E-state index contributed by atoms with van der Waals surface area (Å²) in [6.45, 7) is 2.05. The molecule has 1 N–H and O–H groups in total. The van der Waals surface area contributed by atoms with Crippen molar-refractivity contribution in [2.24, 2.45) is 0 Å². The third kappa shape index (κ3) is 2.52. The second-order valence-corrected chi connectivity index (χ2v) is 6.29. The molecule has 3 heteroatoms. The Hall–Kier alpha value is -0.990. The van der Waals surface area contributed by atoms with Crippen molar-refractivity contribution in [1.82, 2.24) is 0 Å². The maximum Gasteiger partial charge on any atom is 0.0640 e. The molecular formula is C16H15BrClN. The highest BCUT2D eigenvalue weighted by Crippen LogP contribution is 2.38. The van der Waals surface area contributed by atoms with Crippen LogP contribution in [0.5, 0.6) is 0 Å². The van der Waals surface area contributed by atoms with Crippen LogP contribution in [-0.4, -0.2) is 0 Å². The van der Waals surface area contributed by atoms with Crippen molar-refractivity contribution in [3.8, 4) is 0 Å². The summed E-state index contributed by atoms with van der Waals surface area (Å²) >= 11 is 9.92. The van der Waals surface area contributed by atoms with Gasteiger partial charge in [0.05, 0.1) is 16.8 Å². The van der Waals surface area contributed by atoms with E-state index in [1.165, 1.54) is 21.2 Å². The summed E-state index contributed by atoms with van der Waals surface area (Å²) in [5.41, 5.74) is 5.00.